The van der Waals surface area contributed by atoms with Crippen molar-refractivity contribution in [3.8, 4) is 0 Å². The Kier molecular flexibility index (Phi) is 7.74. The fraction of sp³-hybridized carbons (Fsp3) is 0.219. The molecule has 2 unspecified atom stereocenters. The molecule has 1 saturated heterocycles. The quantitative estimate of drug-likeness (QED) is 0.298. The van der Waals surface area contributed by atoms with E-state index in [1.54, 1.807) is 0 Å². The second-order valence-electron chi connectivity index (χ2n) is 9.45. The molecule has 0 aliphatic carbocycles. The molecule has 1 heterocycles. The lowest BCUT2D eigenvalue weighted by atomic mass is 9.78. The van der Waals surface area contributed by atoms with E-state index in [-0.39, 0.29) is 24.0 Å². The highest BCUT2D eigenvalue weighted by atomic mass is 16.2. The van der Waals surface area contributed by atoms with Gasteiger partial charge in [0.2, 0.25) is 0 Å². The molecule has 0 radical (unpaired) electrons. The lowest BCUT2D eigenvalue weighted by Gasteiger charge is -2.34. The summed E-state index contributed by atoms with van der Waals surface area (Å²) in [5.74, 6) is 0.378. The van der Waals surface area contributed by atoms with Crippen LogP contribution in [0.2, 0.25) is 0 Å². The summed E-state index contributed by atoms with van der Waals surface area (Å²) in [4.78, 5) is 13.7. The van der Waals surface area contributed by atoms with Crippen molar-refractivity contribution in [2.45, 2.75) is 24.4 Å². The third-order valence-electron chi connectivity index (χ3n) is 7.12. The second kappa shape index (κ2) is 11.7. The molecule has 2 atom stereocenters. The van der Waals surface area contributed by atoms with E-state index >= 15 is 0 Å². The summed E-state index contributed by atoms with van der Waals surface area (Å²) in [6, 6.07) is 40.9. The van der Waals surface area contributed by atoms with Gasteiger partial charge < -0.3 is 16.0 Å². The van der Waals surface area contributed by atoms with Crippen LogP contribution in [-0.2, 0) is 0 Å². The summed E-state index contributed by atoms with van der Waals surface area (Å²) >= 11 is 0. The molecule has 4 nitrogen and oxygen atoms in total. The Morgan fingerprint density at radius 2 is 1.08 bits per heavy atom. The first kappa shape index (κ1) is 23.8. The molecule has 0 aromatic heterocycles. The van der Waals surface area contributed by atoms with Crippen molar-refractivity contribution in [2.75, 3.05) is 13.1 Å². The van der Waals surface area contributed by atoms with Gasteiger partial charge in [0.1, 0.15) is 0 Å². The van der Waals surface area contributed by atoms with E-state index in [9.17, 15) is 4.79 Å². The van der Waals surface area contributed by atoms with Crippen molar-refractivity contribution in [1.29, 1.82) is 0 Å². The van der Waals surface area contributed by atoms with Crippen molar-refractivity contribution in [1.82, 2.24) is 16.0 Å². The topological polar surface area (TPSA) is 53.2 Å². The Hall–Kier alpha value is -3.89. The van der Waals surface area contributed by atoms with Gasteiger partial charge in [-0.3, -0.25) is 0 Å². The van der Waals surface area contributed by atoms with Gasteiger partial charge in [0.25, 0.3) is 0 Å². The number of rotatable bonds is 8. The average molecular weight is 476 g/mol. The van der Waals surface area contributed by atoms with Crippen molar-refractivity contribution in [3.63, 3.8) is 0 Å². The van der Waals surface area contributed by atoms with Gasteiger partial charge in [0, 0.05) is 12.0 Å². The zero-order valence-electron chi connectivity index (χ0n) is 20.4. The molecule has 0 bridgehead atoms. The van der Waals surface area contributed by atoms with Gasteiger partial charge in [-0.05, 0) is 47.7 Å². The SMILES string of the molecule is O=C(NC(c1ccccc1)c1ccccc1)NC(C1CCNC1)C(c1ccccc1)c1ccccc1. The summed E-state index contributed by atoms with van der Waals surface area (Å²) < 4.78 is 0. The van der Waals surface area contributed by atoms with E-state index in [4.69, 9.17) is 0 Å². The fourth-order valence-corrected chi connectivity index (χ4v) is 5.36. The van der Waals surface area contributed by atoms with Crippen LogP contribution in [0.5, 0.6) is 0 Å². The van der Waals surface area contributed by atoms with Crippen LogP contribution in [-0.4, -0.2) is 25.2 Å². The Morgan fingerprint density at radius 1 is 0.639 bits per heavy atom. The normalized spacial score (nSPS) is 16.1. The molecule has 2 amide bonds. The van der Waals surface area contributed by atoms with Crippen LogP contribution in [0, 0.1) is 5.92 Å². The highest BCUT2D eigenvalue weighted by molar-refractivity contribution is 5.75. The number of carbonyl (C=O) groups is 1. The van der Waals surface area contributed by atoms with Crippen molar-refractivity contribution >= 4 is 6.03 Å². The standard InChI is InChI=1S/C32H33N3O/c36-32(34-30(26-17-9-3-10-18-26)27-19-11-4-12-20-27)35-31(28-21-22-33-23-28)29(24-13-5-1-6-14-24)25-15-7-2-8-16-25/h1-20,28-31,33H,21-23H2,(H2,34,35,36). The Balaban J connectivity index is 1.46. The van der Waals surface area contributed by atoms with E-state index in [0.29, 0.717) is 5.92 Å². The summed E-state index contributed by atoms with van der Waals surface area (Å²) in [7, 11) is 0. The van der Waals surface area contributed by atoms with Gasteiger partial charge in [0.05, 0.1) is 6.04 Å². The maximum Gasteiger partial charge on any atom is 0.315 e. The average Bonchev–Trinajstić information content (AvgIpc) is 3.49. The third-order valence-corrected chi connectivity index (χ3v) is 7.12. The fourth-order valence-electron chi connectivity index (χ4n) is 5.36. The van der Waals surface area contributed by atoms with Crippen LogP contribution in [0.15, 0.2) is 121 Å². The lowest BCUT2D eigenvalue weighted by Crippen LogP contribution is -2.50. The zero-order valence-corrected chi connectivity index (χ0v) is 20.4. The number of urea groups is 1. The Bertz CT molecular complexity index is 1130. The monoisotopic (exact) mass is 475 g/mol. The summed E-state index contributed by atoms with van der Waals surface area (Å²) in [5.41, 5.74) is 4.54. The molecule has 4 aromatic carbocycles. The van der Waals surface area contributed by atoms with Crippen LogP contribution in [0.4, 0.5) is 4.79 Å². The highest BCUT2D eigenvalue weighted by Gasteiger charge is 2.35. The molecular weight excluding hydrogens is 442 g/mol. The van der Waals surface area contributed by atoms with Gasteiger partial charge in [-0.1, -0.05) is 121 Å². The number of hydrogen-bond donors (Lipinski definition) is 3. The molecule has 1 aliphatic heterocycles. The first-order valence-corrected chi connectivity index (χ1v) is 12.8. The summed E-state index contributed by atoms with van der Waals surface area (Å²) in [6.07, 6.45) is 1.03. The predicted octanol–water partition coefficient (Wildman–Crippen LogP) is 5.89. The number of hydrogen-bond acceptors (Lipinski definition) is 2. The van der Waals surface area contributed by atoms with Crippen LogP contribution in [0.25, 0.3) is 0 Å². The van der Waals surface area contributed by atoms with E-state index < -0.39 is 0 Å². The predicted molar refractivity (Wildman–Crippen MR) is 146 cm³/mol. The number of benzene rings is 4. The maximum absolute atomic E-state index is 13.7. The van der Waals surface area contributed by atoms with Gasteiger partial charge in [-0.2, -0.15) is 0 Å². The first-order valence-electron chi connectivity index (χ1n) is 12.8. The Labute approximate surface area is 213 Å². The first-order chi connectivity index (χ1) is 17.8. The lowest BCUT2D eigenvalue weighted by molar-refractivity contribution is 0.227. The molecular formula is C32H33N3O. The second-order valence-corrected chi connectivity index (χ2v) is 9.45. The molecule has 4 aromatic rings. The Morgan fingerprint density at radius 3 is 1.50 bits per heavy atom. The molecule has 36 heavy (non-hydrogen) atoms. The molecule has 1 aliphatic rings. The summed E-state index contributed by atoms with van der Waals surface area (Å²) in [6.45, 7) is 1.86. The number of amides is 2. The minimum Gasteiger partial charge on any atom is -0.334 e. The van der Waals surface area contributed by atoms with Crippen LogP contribution in [0.1, 0.15) is 40.6 Å². The van der Waals surface area contributed by atoms with E-state index in [1.807, 2.05) is 48.5 Å². The van der Waals surface area contributed by atoms with E-state index in [0.717, 1.165) is 30.6 Å². The minimum atomic E-state index is -0.235. The van der Waals surface area contributed by atoms with Crippen molar-refractivity contribution < 1.29 is 4.79 Å². The highest BCUT2D eigenvalue weighted by Crippen LogP contribution is 2.34. The van der Waals surface area contributed by atoms with Crippen LogP contribution >= 0.6 is 0 Å². The van der Waals surface area contributed by atoms with Crippen LogP contribution in [0.3, 0.4) is 0 Å². The molecule has 182 valence electrons. The molecule has 0 saturated carbocycles. The smallest absolute Gasteiger partial charge is 0.315 e. The molecule has 3 N–H and O–H groups in total. The molecule has 5 rings (SSSR count). The van der Waals surface area contributed by atoms with E-state index in [1.165, 1.54) is 11.1 Å². The summed E-state index contributed by atoms with van der Waals surface area (Å²) in [5, 5.41) is 10.2. The van der Waals surface area contributed by atoms with Crippen LogP contribution < -0.4 is 16.0 Å². The number of nitrogens with one attached hydrogen (secondary N) is 3. The van der Waals surface area contributed by atoms with E-state index in [2.05, 4.69) is 88.7 Å². The van der Waals surface area contributed by atoms with Crippen molar-refractivity contribution in [2.24, 2.45) is 5.92 Å². The maximum atomic E-state index is 13.7. The molecule has 1 fully saturated rings. The van der Waals surface area contributed by atoms with Gasteiger partial charge in [-0.25, -0.2) is 4.79 Å². The third kappa shape index (κ3) is 5.67. The van der Waals surface area contributed by atoms with Crippen molar-refractivity contribution in [3.05, 3.63) is 144 Å². The minimum absolute atomic E-state index is 0.0509. The number of carbonyl (C=O) groups excluding carboxylic acids is 1. The van der Waals surface area contributed by atoms with Gasteiger partial charge in [-0.15, -0.1) is 0 Å². The van der Waals surface area contributed by atoms with Gasteiger partial charge in [0.15, 0.2) is 0 Å². The molecule has 0 spiro atoms. The largest absolute Gasteiger partial charge is 0.334 e. The van der Waals surface area contributed by atoms with Gasteiger partial charge >= 0.3 is 6.03 Å². The molecule has 4 heteroatoms. The zero-order chi connectivity index (χ0) is 24.6.